The maximum atomic E-state index is 12.9. The number of carbonyl (C=O) groups excluding carboxylic acids is 4. The number of hydrogen-bond donors (Lipinski definition) is 3. The second kappa shape index (κ2) is 54.7. The van der Waals surface area contributed by atoms with Gasteiger partial charge in [0.15, 0.2) is 12.2 Å². The van der Waals surface area contributed by atoms with Gasteiger partial charge in [0.1, 0.15) is 19.3 Å². The van der Waals surface area contributed by atoms with Gasteiger partial charge in [0.05, 0.1) is 26.4 Å². The van der Waals surface area contributed by atoms with Crippen LogP contribution in [0.2, 0.25) is 0 Å². The van der Waals surface area contributed by atoms with E-state index in [0.717, 1.165) is 108 Å². The van der Waals surface area contributed by atoms with Gasteiger partial charge in [0, 0.05) is 25.7 Å². The van der Waals surface area contributed by atoms with Crippen molar-refractivity contribution >= 4 is 39.5 Å². The van der Waals surface area contributed by atoms with Gasteiger partial charge in [-0.05, 0) is 37.5 Å². The molecule has 0 fully saturated rings. The van der Waals surface area contributed by atoms with Crippen LogP contribution in [0, 0.1) is 11.8 Å². The van der Waals surface area contributed by atoms with Gasteiger partial charge in [-0.3, -0.25) is 37.3 Å². The van der Waals surface area contributed by atoms with Crippen LogP contribution in [0.1, 0.15) is 305 Å². The topological polar surface area (TPSA) is 237 Å². The number of esters is 4. The Labute approximate surface area is 492 Å². The minimum Gasteiger partial charge on any atom is -0.462 e. The first-order valence-electron chi connectivity index (χ1n) is 32.5. The molecule has 19 heteroatoms. The molecule has 0 aliphatic carbocycles. The highest BCUT2D eigenvalue weighted by Crippen LogP contribution is 2.45. The average molecular weight is 1200 g/mol. The van der Waals surface area contributed by atoms with E-state index in [-0.39, 0.29) is 25.7 Å². The maximum absolute atomic E-state index is 12.9. The third kappa shape index (κ3) is 56.9. The Morgan fingerprint density at radius 2 is 0.568 bits per heavy atom. The highest BCUT2D eigenvalue weighted by Gasteiger charge is 2.30. The van der Waals surface area contributed by atoms with Gasteiger partial charge in [-0.25, -0.2) is 9.13 Å². The van der Waals surface area contributed by atoms with Gasteiger partial charge in [-0.1, -0.05) is 253 Å². The molecule has 0 aliphatic heterocycles. The minimum absolute atomic E-state index is 0.104. The van der Waals surface area contributed by atoms with Crippen LogP contribution < -0.4 is 0 Å². The van der Waals surface area contributed by atoms with E-state index in [1.807, 2.05) is 0 Å². The standard InChI is InChI=1S/C62H120O17P2/c1-7-9-11-13-15-17-18-19-28-34-40-46-61(66)78-57(50-72-59(64)44-38-32-26-16-14-12-10-8-2)52-76-80(68,69)74-48-56(63)49-75-81(70,71)77-53-58(79-62(67)47-41-35-29-23-21-25-31-37-43-55(5)6)51-73-60(65)45-39-33-27-22-20-24-30-36-42-54(3)4/h54-58,63H,7-53H2,1-6H3,(H,68,69)(H,70,71)/t56-,57+,58+/m0/s1. The Morgan fingerprint density at radius 3 is 0.840 bits per heavy atom. The van der Waals surface area contributed by atoms with E-state index in [9.17, 15) is 43.2 Å². The number of aliphatic hydroxyl groups excluding tert-OH is 1. The molecule has 480 valence electrons. The summed E-state index contributed by atoms with van der Waals surface area (Å²) in [4.78, 5) is 72.0. The molecule has 0 aromatic carbocycles. The molecular formula is C62H120O17P2. The lowest BCUT2D eigenvalue weighted by Crippen LogP contribution is -2.30. The number of ether oxygens (including phenoxy) is 4. The van der Waals surface area contributed by atoms with E-state index in [4.69, 9.17) is 37.0 Å². The number of rotatable bonds is 61. The van der Waals surface area contributed by atoms with Crippen molar-refractivity contribution in [2.24, 2.45) is 11.8 Å². The smallest absolute Gasteiger partial charge is 0.462 e. The van der Waals surface area contributed by atoms with Crippen molar-refractivity contribution in [1.82, 2.24) is 0 Å². The van der Waals surface area contributed by atoms with Gasteiger partial charge in [-0.2, -0.15) is 0 Å². The lowest BCUT2D eigenvalue weighted by Gasteiger charge is -2.21. The molecule has 0 saturated heterocycles. The molecule has 0 bridgehead atoms. The van der Waals surface area contributed by atoms with Crippen LogP contribution in [0.5, 0.6) is 0 Å². The molecule has 81 heavy (non-hydrogen) atoms. The van der Waals surface area contributed by atoms with Crippen LogP contribution in [-0.2, 0) is 65.4 Å². The van der Waals surface area contributed by atoms with Gasteiger partial charge in [0.2, 0.25) is 0 Å². The van der Waals surface area contributed by atoms with Crippen molar-refractivity contribution < 1.29 is 80.2 Å². The summed E-state index contributed by atoms with van der Waals surface area (Å²) in [5.41, 5.74) is 0. The summed E-state index contributed by atoms with van der Waals surface area (Å²) in [6.07, 6.45) is 36.2. The third-order valence-electron chi connectivity index (χ3n) is 14.2. The zero-order valence-corrected chi connectivity index (χ0v) is 53.9. The molecule has 0 heterocycles. The van der Waals surface area contributed by atoms with Gasteiger partial charge in [-0.15, -0.1) is 0 Å². The predicted molar refractivity (Wildman–Crippen MR) is 321 cm³/mol. The summed E-state index contributed by atoms with van der Waals surface area (Å²) < 4.78 is 67.8. The van der Waals surface area contributed by atoms with Gasteiger partial charge >= 0.3 is 39.5 Å². The second-order valence-corrected chi connectivity index (χ2v) is 26.3. The van der Waals surface area contributed by atoms with Crippen LogP contribution >= 0.6 is 15.6 Å². The Balaban J connectivity index is 5.23. The van der Waals surface area contributed by atoms with Gasteiger partial charge < -0.3 is 33.8 Å². The molecule has 0 saturated carbocycles. The van der Waals surface area contributed by atoms with Crippen LogP contribution in [0.4, 0.5) is 0 Å². The summed E-state index contributed by atoms with van der Waals surface area (Å²) in [5.74, 6) is -0.695. The first-order chi connectivity index (χ1) is 38.9. The van der Waals surface area contributed by atoms with Crippen LogP contribution in [0.15, 0.2) is 0 Å². The van der Waals surface area contributed by atoms with E-state index in [1.54, 1.807) is 0 Å². The fraction of sp³-hybridized carbons (Fsp3) is 0.935. The number of unbranched alkanes of at least 4 members (excludes halogenated alkanes) is 31. The quantitative estimate of drug-likeness (QED) is 0.0222. The summed E-state index contributed by atoms with van der Waals surface area (Å²) in [5, 5.41) is 10.5. The van der Waals surface area contributed by atoms with Crippen LogP contribution in [0.3, 0.4) is 0 Å². The second-order valence-electron chi connectivity index (χ2n) is 23.4. The largest absolute Gasteiger partial charge is 0.472 e. The summed E-state index contributed by atoms with van der Waals surface area (Å²) >= 11 is 0. The normalized spacial score (nSPS) is 14.4. The summed E-state index contributed by atoms with van der Waals surface area (Å²) in [7, 11) is -9.88. The van der Waals surface area contributed by atoms with Crippen molar-refractivity contribution in [2.75, 3.05) is 39.6 Å². The summed E-state index contributed by atoms with van der Waals surface area (Å²) in [6.45, 7) is 9.37. The zero-order chi connectivity index (χ0) is 60.1. The minimum atomic E-state index is -4.94. The summed E-state index contributed by atoms with van der Waals surface area (Å²) in [6, 6.07) is 0. The lowest BCUT2D eigenvalue weighted by molar-refractivity contribution is -0.161. The molecule has 0 aliphatic rings. The molecule has 0 aromatic heterocycles. The zero-order valence-electron chi connectivity index (χ0n) is 52.1. The molecule has 0 spiro atoms. The monoisotopic (exact) mass is 1200 g/mol. The Hall–Kier alpha value is -1.94. The van der Waals surface area contributed by atoms with Crippen LogP contribution in [-0.4, -0.2) is 96.7 Å². The fourth-order valence-electron chi connectivity index (χ4n) is 9.18. The van der Waals surface area contributed by atoms with Crippen molar-refractivity contribution in [3.63, 3.8) is 0 Å². The molecule has 3 N–H and O–H groups in total. The van der Waals surface area contributed by atoms with Crippen LogP contribution in [0.25, 0.3) is 0 Å². The number of phosphoric ester groups is 2. The SMILES string of the molecule is CCCCCCCCCCCCCC(=O)O[C@H](COC(=O)CCCCCCCCCC)COP(=O)(O)OC[C@H](O)COP(=O)(O)OC[C@@H](COC(=O)CCCCCCCCCCC(C)C)OC(=O)CCCCCCCCCCC(C)C. The van der Waals surface area contributed by atoms with E-state index in [1.165, 1.54) is 116 Å². The number of phosphoric acid groups is 2. The van der Waals surface area contributed by atoms with Crippen molar-refractivity contribution in [3.8, 4) is 0 Å². The van der Waals surface area contributed by atoms with Crippen molar-refractivity contribution in [2.45, 2.75) is 323 Å². The molecule has 2 unspecified atom stereocenters. The Morgan fingerprint density at radius 1 is 0.333 bits per heavy atom. The predicted octanol–water partition coefficient (Wildman–Crippen LogP) is 16.9. The number of aliphatic hydroxyl groups is 1. The van der Waals surface area contributed by atoms with E-state index >= 15 is 0 Å². The van der Waals surface area contributed by atoms with Crippen molar-refractivity contribution in [3.05, 3.63) is 0 Å². The van der Waals surface area contributed by atoms with Gasteiger partial charge in [0.25, 0.3) is 0 Å². The fourth-order valence-corrected chi connectivity index (χ4v) is 10.8. The molecule has 5 atom stereocenters. The first-order valence-corrected chi connectivity index (χ1v) is 35.5. The maximum Gasteiger partial charge on any atom is 0.472 e. The molecular weight excluding hydrogens is 1080 g/mol. The average Bonchev–Trinajstić information content (AvgIpc) is 3.42. The number of carbonyl (C=O) groups is 4. The van der Waals surface area contributed by atoms with Crippen molar-refractivity contribution in [1.29, 1.82) is 0 Å². The molecule has 0 amide bonds. The highest BCUT2D eigenvalue weighted by molar-refractivity contribution is 7.47. The molecule has 0 aromatic rings. The van der Waals surface area contributed by atoms with E-state index < -0.39 is 97.5 Å². The Bertz CT molecular complexity index is 1600. The number of hydrogen-bond acceptors (Lipinski definition) is 15. The van der Waals surface area contributed by atoms with E-state index in [2.05, 4.69) is 41.5 Å². The molecule has 17 nitrogen and oxygen atoms in total. The third-order valence-corrected chi connectivity index (χ3v) is 16.1. The highest BCUT2D eigenvalue weighted by atomic mass is 31.2. The molecule has 0 radical (unpaired) electrons. The lowest BCUT2D eigenvalue weighted by atomic mass is 10.0. The Kier molecular flexibility index (Phi) is 53.4. The first kappa shape index (κ1) is 79.1. The molecule has 0 rings (SSSR count). The van der Waals surface area contributed by atoms with E-state index in [0.29, 0.717) is 25.7 Å².